The van der Waals surface area contributed by atoms with Crippen molar-refractivity contribution in [2.24, 2.45) is 11.7 Å². The fourth-order valence-electron chi connectivity index (χ4n) is 3.09. The van der Waals surface area contributed by atoms with Crippen LogP contribution >= 0.6 is 0 Å². The zero-order valence-electron chi connectivity index (χ0n) is 12.6. The van der Waals surface area contributed by atoms with E-state index in [-0.39, 0.29) is 6.04 Å². The molecule has 2 nitrogen and oxygen atoms in total. The molecule has 0 aliphatic carbocycles. The molecule has 19 heavy (non-hydrogen) atoms. The van der Waals surface area contributed by atoms with Crippen molar-refractivity contribution in [2.75, 3.05) is 13.1 Å². The SMILES string of the molecule is CCc1ccc(C(N)CN2CCC(C)CC2C)cc1. The van der Waals surface area contributed by atoms with Crippen LogP contribution in [0.25, 0.3) is 0 Å². The molecule has 1 aliphatic rings. The van der Waals surface area contributed by atoms with E-state index in [2.05, 4.69) is 49.9 Å². The molecule has 2 N–H and O–H groups in total. The van der Waals surface area contributed by atoms with Gasteiger partial charge in [0.2, 0.25) is 0 Å². The third-order valence-corrected chi connectivity index (χ3v) is 4.52. The monoisotopic (exact) mass is 260 g/mol. The number of hydrogen-bond donors (Lipinski definition) is 1. The van der Waals surface area contributed by atoms with Gasteiger partial charge in [-0.25, -0.2) is 0 Å². The summed E-state index contributed by atoms with van der Waals surface area (Å²) in [4.78, 5) is 2.55. The van der Waals surface area contributed by atoms with Crippen LogP contribution in [0.4, 0.5) is 0 Å². The highest BCUT2D eigenvalue weighted by atomic mass is 15.2. The largest absolute Gasteiger partial charge is 0.323 e. The fourth-order valence-corrected chi connectivity index (χ4v) is 3.09. The van der Waals surface area contributed by atoms with Crippen molar-refractivity contribution in [3.8, 4) is 0 Å². The number of benzene rings is 1. The maximum absolute atomic E-state index is 6.37. The number of piperidine rings is 1. The van der Waals surface area contributed by atoms with E-state index in [1.807, 2.05) is 0 Å². The molecule has 3 atom stereocenters. The summed E-state index contributed by atoms with van der Waals surface area (Å²) in [6.45, 7) is 9.06. The van der Waals surface area contributed by atoms with Gasteiger partial charge in [-0.3, -0.25) is 4.90 Å². The molecule has 1 aromatic rings. The smallest absolute Gasteiger partial charge is 0.0424 e. The quantitative estimate of drug-likeness (QED) is 0.899. The zero-order chi connectivity index (χ0) is 13.8. The molecule has 1 aliphatic heterocycles. The van der Waals surface area contributed by atoms with Crippen LogP contribution in [0.5, 0.6) is 0 Å². The molecule has 1 aromatic carbocycles. The summed E-state index contributed by atoms with van der Waals surface area (Å²) in [5.41, 5.74) is 9.02. The van der Waals surface area contributed by atoms with Crippen LogP contribution in [0.3, 0.4) is 0 Å². The molecule has 1 saturated heterocycles. The van der Waals surface area contributed by atoms with Crippen LogP contribution in [0.1, 0.15) is 50.8 Å². The van der Waals surface area contributed by atoms with Gasteiger partial charge in [-0.05, 0) is 49.8 Å². The molecule has 0 radical (unpaired) electrons. The van der Waals surface area contributed by atoms with E-state index in [4.69, 9.17) is 5.73 Å². The third-order valence-electron chi connectivity index (χ3n) is 4.52. The van der Waals surface area contributed by atoms with Gasteiger partial charge in [-0.2, -0.15) is 0 Å². The van der Waals surface area contributed by atoms with Crippen molar-refractivity contribution in [1.82, 2.24) is 4.90 Å². The number of nitrogens with zero attached hydrogens (tertiary/aromatic N) is 1. The maximum Gasteiger partial charge on any atom is 0.0424 e. The van der Waals surface area contributed by atoms with Gasteiger partial charge in [0.1, 0.15) is 0 Å². The summed E-state index contributed by atoms with van der Waals surface area (Å²) >= 11 is 0. The van der Waals surface area contributed by atoms with Crippen LogP contribution in [-0.2, 0) is 6.42 Å². The molecule has 0 spiro atoms. The second-order valence-corrected chi connectivity index (χ2v) is 6.18. The molecule has 0 saturated carbocycles. The first-order valence-electron chi connectivity index (χ1n) is 7.68. The van der Waals surface area contributed by atoms with E-state index >= 15 is 0 Å². The Morgan fingerprint density at radius 3 is 2.53 bits per heavy atom. The molecule has 3 unspecified atom stereocenters. The van der Waals surface area contributed by atoms with Gasteiger partial charge in [0, 0.05) is 18.6 Å². The first-order chi connectivity index (χ1) is 9.10. The van der Waals surface area contributed by atoms with Crippen LogP contribution in [0.15, 0.2) is 24.3 Å². The minimum atomic E-state index is 0.141. The van der Waals surface area contributed by atoms with Gasteiger partial charge in [-0.15, -0.1) is 0 Å². The number of aryl methyl sites for hydroxylation is 1. The Labute approximate surface area is 118 Å². The maximum atomic E-state index is 6.37. The lowest BCUT2D eigenvalue weighted by Gasteiger charge is -2.38. The molecule has 1 fully saturated rings. The van der Waals surface area contributed by atoms with Crippen molar-refractivity contribution < 1.29 is 0 Å². The number of likely N-dealkylation sites (tertiary alicyclic amines) is 1. The van der Waals surface area contributed by atoms with E-state index in [0.717, 1.165) is 18.9 Å². The third kappa shape index (κ3) is 3.80. The average Bonchev–Trinajstić information content (AvgIpc) is 2.42. The van der Waals surface area contributed by atoms with Crippen LogP contribution < -0.4 is 5.73 Å². The van der Waals surface area contributed by atoms with Crippen LogP contribution in [0, 0.1) is 5.92 Å². The van der Waals surface area contributed by atoms with E-state index in [1.54, 1.807) is 0 Å². The summed E-state index contributed by atoms with van der Waals surface area (Å²) in [5.74, 6) is 0.867. The minimum Gasteiger partial charge on any atom is -0.323 e. The standard InChI is InChI=1S/C17H28N2/c1-4-15-5-7-16(8-6-15)17(18)12-19-10-9-13(2)11-14(19)3/h5-8,13-14,17H,4,9-12,18H2,1-3H3. The number of nitrogens with two attached hydrogens (primary N) is 1. The highest BCUT2D eigenvalue weighted by Gasteiger charge is 2.24. The Morgan fingerprint density at radius 2 is 1.95 bits per heavy atom. The van der Waals surface area contributed by atoms with Crippen LogP contribution in [-0.4, -0.2) is 24.0 Å². The Balaban J connectivity index is 1.94. The number of hydrogen-bond acceptors (Lipinski definition) is 2. The molecule has 2 rings (SSSR count). The van der Waals surface area contributed by atoms with E-state index in [0.29, 0.717) is 6.04 Å². The molecular weight excluding hydrogens is 232 g/mol. The second kappa shape index (κ2) is 6.53. The van der Waals surface area contributed by atoms with Crippen molar-refractivity contribution >= 4 is 0 Å². The molecule has 0 amide bonds. The minimum absolute atomic E-state index is 0.141. The van der Waals surface area contributed by atoms with Crippen LogP contribution in [0.2, 0.25) is 0 Å². The fraction of sp³-hybridized carbons (Fsp3) is 0.647. The van der Waals surface area contributed by atoms with Gasteiger partial charge in [-0.1, -0.05) is 38.1 Å². The molecule has 106 valence electrons. The van der Waals surface area contributed by atoms with Gasteiger partial charge < -0.3 is 5.73 Å². The molecular formula is C17H28N2. The molecule has 0 aromatic heterocycles. The predicted octanol–water partition coefficient (Wildman–Crippen LogP) is 3.37. The summed E-state index contributed by atoms with van der Waals surface area (Å²) in [6.07, 6.45) is 3.71. The normalized spacial score (nSPS) is 26.3. The number of rotatable bonds is 4. The van der Waals surface area contributed by atoms with Crippen molar-refractivity contribution in [3.05, 3.63) is 35.4 Å². The Hall–Kier alpha value is -0.860. The van der Waals surface area contributed by atoms with E-state index in [9.17, 15) is 0 Å². The summed E-state index contributed by atoms with van der Waals surface area (Å²) in [5, 5.41) is 0. The summed E-state index contributed by atoms with van der Waals surface area (Å²) < 4.78 is 0. The zero-order valence-corrected chi connectivity index (χ0v) is 12.6. The summed E-state index contributed by atoms with van der Waals surface area (Å²) in [7, 11) is 0. The first kappa shape index (κ1) is 14.5. The average molecular weight is 260 g/mol. The Kier molecular flexibility index (Phi) is 5.00. The van der Waals surface area contributed by atoms with Crippen molar-refractivity contribution in [3.63, 3.8) is 0 Å². The van der Waals surface area contributed by atoms with Gasteiger partial charge >= 0.3 is 0 Å². The van der Waals surface area contributed by atoms with Gasteiger partial charge in [0.25, 0.3) is 0 Å². The lowest BCUT2D eigenvalue weighted by molar-refractivity contribution is 0.122. The van der Waals surface area contributed by atoms with Gasteiger partial charge in [0.05, 0.1) is 0 Å². The Morgan fingerprint density at radius 1 is 1.26 bits per heavy atom. The predicted molar refractivity (Wildman–Crippen MR) is 82.2 cm³/mol. The van der Waals surface area contributed by atoms with E-state index in [1.165, 1.54) is 30.5 Å². The van der Waals surface area contributed by atoms with Crippen molar-refractivity contribution in [1.29, 1.82) is 0 Å². The lowest BCUT2D eigenvalue weighted by Crippen LogP contribution is -2.43. The second-order valence-electron chi connectivity index (χ2n) is 6.18. The first-order valence-corrected chi connectivity index (χ1v) is 7.68. The van der Waals surface area contributed by atoms with E-state index < -0.39 is 0 Å². The lowest BCUT2D eigenvalue weighted by atomic mass is 9.92. The highest BCUT2D eigenvalue weighted by molar-refractivity contribution is 5.25. The molecule has 0 bridgehead atoms. The van der Waals surface area contributed by atoms with Gasteiger partial charge in [0.15, 0.2) is 0 Å². The molecule has 2 heteroatoms. The Bertz CT molecular complexity index is 385. The van der Waals surface area contributed by atoms with Crippen molar-refractivity contribution in [2.45, 2.75) is 52.1 Å². The summed E-state index contributed by atoms with van der Waals surface area (Å²) in [6, 6.07) is 9.61. The molecule has 1 heterocycles. The highest BCUT2D eigenvalue weighted by Crippen LogP contribution is 2.24. The topological polar surface area (TPSA) is 29.3 Å².